The van der Waals surface area contributed by atoms with E-state index in [0.717, 1.165) is 40.2 Å². The summed E-state index contributed by atoms with van der Waals surface area (Å²) in [5.74, 6) is 1.07. The van der Waals surface area contributed by atoms with Crippen molar-refractivity contribution in [2.75, 3.05) is 0 Å². The molecular weight excluding hydrogens is 314 g/mol. The SMILES string of the molecule is CC[C@H](C)[C@H](NC(=O)Cc1c(C)n[nH]c1C)c1nc2ccccc2[nH]1. The monoisotopic (exact) mass is 339 g/mol. The van der Waals surface area contributed by atoms with Crippen LogP contribution in [0.25, 0.3) is 11.0 Å². The highest BCUT2D eigenvalue weighted by molar-refractivity contribution is 5.80. The molecular formula is C19H25N5O. The van der Waals surface area contributed by atoms with E-state index in [4.69, 9.17) is 0 Å². The topological polar surface area (TPSA) is 86.5 Å². The third-order valence-electron chi connectivity index (χ3n) is 4.85. The van der Waals surface area contributed by atoms with Gasteiger partial charge in [-0.3, -0.25) is 9.89 Å². The van der Waals surface area contributed by atoms with Crippen molar-refractivity contribution in [3.05, 3.63) is 47.0 Å². The molecule has 0 spiro atoms. The van der Waals surface area contributed by atoms with Crippen LogP contribution in [0.5, 0.6) is 0 Å². The minimum atomic E-state index is -0.141. The Morgan fingerprint density at radius 3 is 2.68 bits per heavy atom. The first-order chi connectivity index (χ1) is 12.0. The maximum absolute atomic E-state index is 12.6. The van der Waals surface area contributed by atoms with Crippen molar-refractivity contribution in [2.24, 2.45) is 5.92 Å². The molecule has 0 bridgehead atoms. The number of aryl methyl sites for hydroxylation is 2. The van der Waals surface area contributed by atoms with Crippen molar-refractivity contribution in [2.45, 2.75) is 46.6 Å². The summed E-state index contributed by atoms with van der Waals surface area (Å²) in [7, 11) is 0. The summed E-state index contributed by atoms with van der Waals surface area (Å²) >= 11 is 0. The van der Waals surface area contributed by atoms with Gasteiger partial charge in [0.15, 0.2) is 0 Å². The Balaban J connectivity index is 1.82. The molecule has 2 aromatic heterocycles. The number of H-pyrrole nitrogens is 2. The molecule has 132 valence electrons. The van der Waals surface area contributed by atoms with E-state index in [0.29, 0.717) is 6.42 Å². The summed E-state index contributed by atoms with van der Waals surface area (Å²) < 4.78 is 0. The molecule has 2 atom stereocenters. The Bertz CT molecular complexity index is 826. The lowest BCUT2D eigenvalue weighted by Crippen LogP contribution is -2.34. The zero-order chi connectivity index (χ0) is 18.0. The summed E-state index contributed by atoms with van der Waals surface area (Å²) in [4.78, 5) is 20.7. The highest BCUT2D eigenvalue weighted by Gasteiger charge is 2.24. The fourth-order valence-electron chi connectivity index (χ4n) is 3.06. The molecule has 1 aromatic carbocycles. The van der Waals surface area contributed by atoms with Gasteiger partial charge in [0.05, 0.1) is 29.2 Å². The van der Waals surface area contributed by atoms with E-state index in [1.807, 2.05) is 38.1 Å². The largest absolute Gasteiger partial charge is 0.346 e. The van der Waals surface area contributed by atoms with E-state index in [9.17, 15) is 4.79 Å². The van der Waals surface area contributed by atoms with Gasteiger partial charge < -0.3 is 10.3 Å². The number of para-hydroxylation sites is 2. The lowest BCUT2D eigenvalue weighted by Gasteiger charge is -2.22. The Labute approximate surface area is 147 Å². The zero-order valence-corrected chi connectivity index (χ0v) is 15.2. The van der Waals surface area contributed by atoms with Crippen LogP contribution in [0, 0.1) is 19.8 Å². The standard InChI is InChI=1S/C19H25N5O/c1-5-11(2)18(19-20-15-8-6-7-9-16(15)21-19)22-17(25)10-14-12(3)23-24-13(14)4/h6-9,11,18H,5,10H2,1-4H3,(H,20,21)(H,22,25)(H,23,24)/t11-,18-/m0/s1. The molecule has 0 saturated heterocycles. The second kappa shape index (κ2) is 7.09. The quantitative estimate of drug-likeness (QED) is 0.644. The Kier molecular flexibility index (Phi) is 4.88. The van der Waals surface area contributed by atoms with Gasteiger partial charge in [-0.25, -0.2) is 4.98 Å². The van der Waals surface area contributed by atoms with Gasteiger partial charge in [0.25, 0.3) is 0 Å². The van der Waals surface area contributed by atoms with Gasteiger partial charge in [-0.1, -0.05) is 32.4 Å². The summed E-state index contributed by atoms with van der Waals surface area (Å²) in [6.45, 7) is 8.11. The van der Waals surface area contributed by atoms with Crippen LogP contribution in [0.4, 0.5) is 0 Å². The van der Waals surface area contributed by atoms with Crippen LogP contribution in [0.2, 0.25) is 0 Å². The predicted octanol–water partition coefficient (Wildman–Crippen LogP) is 3.35. The number of carbonyl (C=O) groups excluding carboxylic acids is 1. The van der Waals surface area contributed by atoms with Crippen molar-refractivity contribution in [1.29, 1.82) is 0 Å². The number of hydrogen-bond donors (Lipinski definition) is 3. The van der Waals surface area contributed by atoms with Gasteiger partial charge in [-0.05, 0) is 31.9 Å². The van der Waals surface area contributed by atoms with Crippen molar-refractivity contribution in [3.8, 4) is 0 Å². The Hall–Kier alpha value is -2.63. The third-order valence-corrected chi connectivity index (χ3v) is 4.85. The maximum atomic E-state index is 12.6. The number of aromatic amines is 2. The molecule has 6 heteroatoms. The molecule has 0 aliphatic rings. The van der Waals surface area contributed by atoms with Crippen LogP contribution in [0.3, 0.4) is 0 Å². The number of nitrogens with one attached hydrogen (secondary N) is 3. The molecule has 0 radical (unpaired) electrons. The van der Waals surface area contributed by atoms with Gasteiger partial charge in [-0.2, -0.15) is 5.10 Å². The smallest absolute Gasteiger partial charge is 0.225 e. The zero-order valence-electron chi connectivity index (χ0n) is 15.2. The van der Waals surface area contributed by atoms with E-state index in [-0.39, 0.29) is 17.9 Å². The van der Waals surface area contributed by atoms with Gasteiger partial charge in [0, 0.05) is 11.3 Å². The average molecular weight is 339 g/mol. The molecule has 3 N–H and O–H groups in total. The van der Waals surface area contributed by atoms with Crippen LogP contribution in [0.15, 0.2) is 24.3 Å². The summed E-state index contributed by atoms with van der Waals surface area (Å²) in [5.41, 5.74) is 4.68. The summed E-state index contributed by atoms with van der Waals surface area (Å²) in [6.07, 6.45) is 1.27. The van der Waals surface area contributed by atoms with Crippen LogP contribution < -0.4 is 5.32 Å². The van der Waals surface area contributed by atoms with E-state index in [1.54, 1.807) is 0 Å². The number of rotatable bonds is 6. The van der Waals surface area contributed by atoms with Gasteiger partial charge >= 0.3 is 0 Å². The van der Waals surface area contributed by atoms with E-state index in [2.05, 4.69) is 39.3 Å². The second-order valence-corrected chi connectivity index (χ2v) is 6.66. The van der Waals surface area contributed by atoms with Gasteiger partial charge in [0.1, 0.15) is 5.82 Å². The van der Waals surface area contributed by atoms with Crippen LogP contribution in [0.1, 0.15) is 49.1 Å². The number of imidazole rings is 1. The van der Waals surface area contributed by atoms with E-state index < -0.39 is 0 Å². The third kappa shape index (κ3) is 3.57. The van der Waals surface area contributed by atoms with E-state index in [1.165, 1.54) is 0 Å². The molecule has 0 fully saturated rings. The summed E-state index contributed by atoms with van der Waals surface area (Å²) in [5, 5.41) is 10.3. The number of benzene rings is 1. The fourth-order valence-corrected chi connectivity index (χ4v) is 3.06. The van der Waals surface area contributed by atoms with Crippen molar-refractivity contribution < 1.29 is 4.79 Å². The summed E-state index contributed by atoms with van der Waals surface area (Å²) in [6, 6.07) is 7.78. The lowest BCUT2D eigenvalue weighted by atomic mass is 9.98. The van der Waals surface area contributed by atoms with Crippen molar-refractivity contribution in [1.82, 2.24) is 25.5 Å². The second-order valence-electron chi connectivity index (χ2n) is 6.66. The normalized spacial score (nSPS) is 13.8. The number of aromatic nitrogens is 4. The lowest BCUT2D eigenvalue weighted by molar-refractivity contribution is -0.121. The van der Waals surface area contributed by atoms with Crippen molar-refractivity contribution >= 4 is 16.9 Å². The Morgan fingerprint density at radius 1 is 1.28 bits per heavy atom. The molecule has 25 heavy (non-hydrogen) atoms. The first-order valence-electron chi connectivity index (χ1n) is 8.74. The number of hydrogen-bond acceptors (Lipinski definition) is 3. The van der Waals surface area contributed by atoms with Gasteiger partial charge in [0.2, 0.25) is 5.91 Å². The highest BCUT2D eigenvalue weighted by atomic mass is 16.1. The van der Waals surface area contributed by atoms with Crippen LogP contribution in [-0.4, -0.2) is 26.1 Å². The first-order valence-corrected chi connectivity index (χ1v) is 8.74. The number of nitrogens with zero attached hydrogens (tertiary/aromatic N) is 2. The fraction of sp³-hybridized carbons (Fsp3) is 0.421. The molecule has 0 saturated carbocycles. The first kappa shape index (κ1) is 17.2. The highest BCUT2D eigenvalue weighted by Crippen LogP contribution is 2.25. The maximum Gasteiger partial charge on any atom is 0.225 e. The van der Waals surface area contributed by atoms with Crippen LogP contribution >= 0.6 is 0 Å². The number of fused-ring (bicyclic) bond motifs is 1. The Morgan fingerprint density at radius 2 is 2.04 bits per heavy atom. The van der Waals surface area contributed by atoms with Crippen LogP contribution in [-0.2, 0) is 11.2 Å². The molecule has 0 aliphatic heterocycles. The number of amides is 1. The molecule has 1 amide bonds. The average Bonchev–Trinajstić information content (AvgIpc) is 3.17. The predicted molar refractivity (Wildman–Crippen MR) is 98.2 cm³/mol. The molecule has 6 nitrogen and oxygen atoms in total. The minimum absolute atomic E-state index is 0.0154. The van der Waals surface area contributed by atoms with Crippen molar-refractivity contribution in [3.63, 3.8) is 0 Å². The van der Waals surface area contributed by atoms with Gasteiger partial charge in [-0.15, -0.1) is 0 Å². The van der Waals surface area contributed by atoms with E-state index >= 15 is 0 Å². The molecule has 3 rings (SSSR count). The molecule has 0 unspecified atom stereocenters. The minimum Gasteiger partial charge on any atom is -0.346 e. The molecule has 0 aliphatic carbocycles. The molecule has 3 aromatic rings. The molecule has 2 heterocycles. The number of carbonyl (C=O) groups is 1.